The third-order valence-corrected chi connectivity index (χ3v) is 2.74. The van der Waals surface area contributed by atoms with Gasteiger partial charge in [0.1, 0.15) is 5.56 Å². The van der Waals surface area contributed by atoms with Gasteiger partial charge in [0.2, 0.25) is 5.28 Å². The number of aryl methyl sites for hydroxylation is 2. The van der Waals surface area contributed by atoms with Crippen molar-refractivity contribution in [3.05, 3.63) is 46.4 Å². The molecule has 1 aromatic carbocycles. The molecule has 1 N–H and O–H groups in total. The van der Waals surface area contributed by atoms with Crippen molar-refractivity contribution in [2.45, 2.75) is 13.8 Å². The van der Waals surface area contributed by atoms with Crippen LogP contribution in [0.3, 0.4) is 0 Å². The van der Waals surface area contributed by atoms with Gasteiger partial charge in [-0.3, -0.25) is 0 Å². The summed E-state index contributed by atoms with van der Waals surface area (Å²) in [6.45, 7) is 3.54. The smallest absolute Gasteiger partial charge is 0.339 e. The van der Waals surface area contributed by atoms with E-state index in [0.29, 0.717) is 11.4 Å². The molecule has 0 atom stereocenters. The zero-order valence-electron chi connectivity index (χ0n) is 9.94. The highest BCUT2D eigenvalue weighted by atomic mass is 35.5. The highest BCUT2D eigenvalue weighted by Crippen LogP contribution is 2.25. The Morgan fingerprint density at radius 1 is 1.28 bits per heavy atom. The topological polar surface area (TPSA) is 63.1 Å². The molecule has 0 spiro atoms. The molecule has 0 aliphatic carbocycles. The van der Waals surface area contributed by atoms with Crippen LogP contribution in [-0.2, 0) is 0 Å². The molecule has 2 aromatic rings. The summed E-state index contributed by atoms with van der Waals surface area (Å²) in [5, 5.41) is 9.29. The van der Waals surface area contributed by atoms with Gasteiger partial charge in [-0.15, -0.1) is 0 Å². The Morgan fingerprint density at radius 3 is 2.61 bits per heavy atom. The van der Waals surface area contributed by atoms with Crippen molar-refractivity contribution in [1.29, 1.82) is 0 Å². The van der Waals surface area contributed by atoms with Crippen LogP contribution in [0.5, 0.6) is 0 Å². The first-order chi connectivity index (χ1) is 8.49. The molecule has 0 fully saturated rings. The van der Waals surface area contributed by atoms with E-state index < -0.39 is 5.97 Å². The van der Waals surface area contributed by atoms with Crippen LogP contribution in [0, 0.1) is 13.8 Å². The lowest BCUT2D eigenvalue weighted by atomic mass is 10.0. The number of carboxylic acid groups (broad SMARTS) is 1. The van der Waals surface area contributed by atoms with E-state index in [-0.39, 0.29) is 10.8 Å². The zero-order valence-corrected chi connectivity index (χ0v) is 10.7. The van der Waals surface area contributed by atoms with E-state index in [9.17, 15) is 9.90 Å². The fourth-order valence-corrected chi connectivity index (χ4v) is 2.01. The Balaban J connectivity index is 2.73. The van der Waals surface area contributed by atoms with Gasteiger partial charge in [0.15, 0.2) is 0 Å². The van der Waals surface area contributed by atoms with Crippen LogP contribution in [-0.4, -0.2) is 21.0 Å². The predicted octanol–water partition coefficient (Wildman–Crippen LogP) is 3.11. The number of aromatic nitrogens is 2. The zero-order chi connectivity index (χ0) is 13.3. The molecule has 92 valence electrons. The molecular weight excluding hydrogens is 252 g/mol. The van der Waals surface area contributed by atoms with E-state index >= 15 is 0 Å². The van der Waals surface area contributed by atoms with Gasteiger partial charge in [-0.05, 0) is 31.5 Å². The molecule has 2 rings (SSSR count). The lowest BCUT2D eigenvalue weighted by molar-refractivity contribution is 0.0696. The van der Waals surface area contributed by atoms with Crippen LogP contribution in [0.4, 0.5) is 0 Å². The van der Waals surface area contributed by atoms with Crippen molar-refractivity contribution in [2.75, 3.05) is 0 Å². The van der Waals surface area contributed by atoms with Crippen LogP contribution in [0.1, 0.15) is 21.6 Å². The molecule has 0 bridgehead atoms. The summed E-state index contributed by atoms with van der Waals surface area (Å²) >= 11 is 5.80. The van der Waals surface area contributed by atoms with Gasteiger partial charge < -0.3 is 5.11 Å². The summed E-state index contributed by atoms with van der Waals surface area (Å²) in [5.41, 5.74) is 2.55. The Morgan fingerprint density at radius 2 is 2.00 bits per heavy atom. The Kier molecular flexibility index (Phi) is 3.30. The minimum atomic E-state index is -1.05. The summed E-state index contributed by atoms with van der Waals surface area (Å²) in [4.78, 5) is 19.2. The van der Waals surface area contributed by atoms with Gasteiger partial charge in [0.05, 0.1) is 11.4 Å². The lowest BCUT2D eigenvalue weighted by Crippen LogP contribution is -2.07. The van der Waals surface area contributed by atoms with Crippen LogP contribution < -0.4 is 0 Å². The molecule has 5 heteroatoms. The van der Waals surface area contributed by atoms with Crippen molar-refractivity contribution in [1.82, 2.24) is 9.97 Å². The van der Waals surface area contributed by atoms with Crippen LogP contribution in [0.2, 0.25) is 5.28 Å². The summed E-state index contributed by atoms with van der Waals surface area (Å²) in [6.07, 6.45) is 0. The maximum atomic E-state index is 11.3. The molecule has 1 aromatic heterocycles. The number of carboxylic acids is 1. The number of nitrogens with zero attached hydrogens (tertiary/aromatic N) is 2. The Bertz CT molecular complexity index is 626. The van der Waals surface area contributed by atoms with Gasteiger partial charge in [0.25, 0.3) is 0 Å². The normalized spacial score (nSPS) is 10.4. The lowest BCUT2D eigenvalue weighted by Gasteiger charge is -2.08. The highest BCUT2D eigenvalue weighted by Gasteiger charge is 2.18. The molecule has 4 nitrogen and oxygen atoms in total. The quantitative estimate of drug-likeness (QED) is 0.845. The first kappa shape index (κ1) is 12.5. The van der Waals surface area contributed by atoms with E-state index in [0.717, 1.165) is 11.1 Å². The summed E-state index contributed by atoms with van der Waals surface area (Å²) in [5.74, 6) is -1.05. The fourth-order valence-electron chi connectivity index (χ4n) is 1.80. The van der Waals surface area contributed by atoms with E-state index in [1.165, 1.54) is 0 Å². The summed E-state index contributed by atoms with van der Waals surface area (Å²) in [7, 11) is 0. The SMILES string of the molecule is Cc1cccc(-c2nc(Cl)nc(C)c2C(=O)O)c1. The largest absolute Gasteiger partial charge is 0.478 e. The predicted molar refractivity (Wildman–Crippen MR) is 68.9 cm³/mol. The monoisotopic (exact) mass is 262 g/mol. The molecule has 18 heavy (non-hydrogen) atoms. The van der Waals surface area contributed by atoms with E-state index in [4.69, 9.17) is 11.6 Å². The molecule has 0 amide bonds. The molecule has 0 aliphatic heterocycles. The maximum Gasteiger partial charge on any atom is 0.339 e. The third-order valence-electron chi connectivity index (χ3n) is 2.57. The molecule has 0 saturated heterocycles. The number of halogens is 1. The number of rotatable bonds is 2. The second kappa shape index (κ2) is 4.74. The minimum absolute atomic E-state index is 0.0500. The highest BCUT2D eigenvalue weighted by molar-refractivity contribution is 6.28. The first-order valence-electron chi connectivity index (χ1n) is 5.33. The number of carbonyl (C=O) groups is 1. The van der Waals surface area contributed by atoms with Crippen molar-refractivity contribution >= 4 is 17.6 Å². The van der Waals surface area contributed by atoms with E-state index in [1.54, 1.807) is 13.0 Å². The van der Waals surface area contributed by atoms with E-state index in [2.05, 4.69) is 9.97 Å². The Hall–Kier alpha value is -1.94. The van der Waals surface area contributed by atoms with Gasteiger partial charge >= 0.3 is 5.97 Å². The van der Waals surface area contributed by atoms with Crippen molar-refractivity contribution in [3.63, 3.8) is 0 Å². The molecule has 0 unspecified atom stereocenters. The van der Waals surface area contributed by atoms with Crippen LogP contribution >= 0.6 is 11.6 Å². The van der Waals surface area contributed by atoms with Gasteiger partial charge in [-0.2, -0.15) is 0 Å². The average Bonchev–Trinajstić information content (AvgIpc) is 2.27. The fraction of sp³-hybridized carbons (Fsp3) is 0.154. The van der Waals surface area contributed by atoms with Crippen molar-refractivity contribution in [3.8, 4) is 11.3 Å². The number of hydrogen-bond acceptors (Lipinski definition) is 3. The minimum Gasteiger partial charge on any atom is -0.478 e. The van der Waals surface area contributed by atoms with Crippen molar-refractivity contribution in [2.24, 2.45) is 0 Å². The summed E-state index contributed by atoms with van der Waals surface area (Å²) in [6, 6.07) is 7.45. The van der Waals surface area contributed by atoms with Gasteiger partial charge in [0, 0.05) is 5.56 Å². The van der Waals surface area contributed by atoms with Crippen LogP contribution in [0.15, 0.2) is 24.3 Å². The Labute approximate surface area is 109 Å². The first-order valence-corrected chi connectivity index (χ1v) is 5.71. The molecular formula is C13H11ClN2O2. The van der Waals surface area contributed by atoms with E-state index in [1.807, 2.05) is 25.1 Å². The summed E-state index contributed by atoms with van der Waals surface area (Å²) < 4.78 is 0. The third kappa shape index (κ3) is 2.33. The second-order valence-electron chi connectivity index (χ2n) is 3.98. The number of hydrogen-bond donors (Lipinski definition) is 1. The van der Waals surface area contributed by atoms with Gasteiger partial charge in [-0.1, -0.05) is 23.8 Å². The standard InChI is InChI=1S/C13H11ClN2O2/c1-7-4-3-5-9(6-7)11-10(12(17)18)8(2)15-13(14)16-11/h3-6H,1-2H3,(H,17,18). The molecule has 0 radical (unpaired) electrons. The number of aromatic carboxylic acids is 1. The number of benzene rings is 1. The molecule has 0 saturated carbocycles. The molecule has 0 aliphatic rings. The molecule has 1 heterocycles. The average molecular weight is 263 g/mol. The van der Waals surface area contributed by atoms with Crippen molar-refractivity contribution < 1.29 is 9.90 Å². The van der Waals surface area contributed by atoms with Crippen LogP contribution in [0.25, 0.3) is 11.3 Å². The maximum absolute atomic E-state index is 11.3. The van der Waals surface area contributed by atoms with Gasteiger partial charge in [-0.25, -0.2) is 14.8 Å². The second-order valence-corrected chi connectivity index (χ2v) is 4.31.